The molecule has 0 spiro atoms. The second-order valence-electron chi connectivity index (χ2n) is 3.18. The molecule has 0 fully saturated rings. The molecule has 2 heterocycles. The summed E-state index contributed by atoms with van der Waals surface area (Å²) in [4.78, 5) is 12.1. The van der Waals surface area contributed by atoms with Gasteiger partial charge >= 0.3 is 6.01 Å². The van der Waals surface area contributed by atoms with E-state index in [0.717, 1.165) is 0 Å². The Balaban J connectivity index is 2.22. The standard InChI is InChI=1S/C9H13N7O2/c1-17-5-6-18-9-13-7(15-10)12-8(14-9)16-4-2-3-11-16/h2-4H,5-6,10H2,1H3,(H,12,13,14,15). The number of ether oxygens (including phenoxy) is 2. The van der Waals surface area contributed by atoms with Crippen LogP contribution in [0.1, 0.15) is 0 Å². The van der Waals surface area contributed by atoms with Gasteiger partial charge in [0.05, 0.1) is 6.61 Å². The lowest BCUT2D eigenvalue weighted by molar-refractivity contribution is 0.140. The van der Waals surface area contributed by atoms with Gasteiger partial charge in [-0.05, 0) is 6.07 Å². The fourth-order valence-electron chi connectivity index (χ4n) is 1.18. The molecule has 0 amide bonds. The van der Waals surface area contributed by atoms with Crippen LogP contribution >= 0.6 is 0 Å². The van der Waals surface area contributed by atoms with Crippen LogP contribution in [-0.4, -0.2) is 45.1 Å². The molecular formula is C9H13N7O2. The van der Waals surface area contributed by atoms with E-state index in [1.165, 1.54) is 4.68 Å². The van der Waals surface area contributed by atoms with Crippen molar-refractivity contribution in [2.24, 2.45) is 5.84 Å². The third kappa shape index (κ3) is 2.90. The topological polar surface area (TPSA) is 113 Å². The van der Waals surface area contributed by atoms with Crippen molar-refractivity contribution in [3.8, 4) is 12.0 Å². The number of hydrazine groups is 1. The van der Waals surface area contributed by atoms with Crippen molar-refractivity contribution in [3.63, 3.8) is 0 Å². The summed E-state index contributed by atoms with van der Waals surface area (Å²) in [7, 11) is 1.58. The summed E-state index contributed by atoms with van der Waals surface area (Å²) in [6.45, 7) is 0.775. The van der Waals surface area contributed by atoms with Crippen molar-refractivity contribution >= 4 is 5.95 Å². The number of nitrogen functional groups attached to an aromatic ring is 1. The molecule has 0 bridgehead atoms. The van der Waals surface area contributed by atoms with Crippen LogP contribution in [0, 0.1) is 0 Å². The van der Waals surface area contributed by atoms with Crippen LogP contribution in [0.3, 0.4) is 0 Å². The first-order valence-corrected chi connectivity index (χ1v) is 5.18. The number of hydrogen-bond donors (Lipinski definition) is 2. The molecule has 0 unspecified atom stereocenters. The van der Waals surface area contributed by atoms with E-state index in [2.05, 4.69) is 25.5 Å². The molecule has 96 valence electrons. The second-order valence-corrected chi connectivity index (χ2v) is 3.18. The van der Waals surface area contributed by atoms with Crippen LogP contribution in [0.5, 0.6) is 6.01 Å². The third-order valence-electron chi connectivity index (χ3n) is 1.96. The molecule has 0 radical (unpaired) electrons. The molecule has 0 aliphatic rings. The molecule has 18 heavy (non-hydrogen) atoms. The quantitative estimate of drug-likeness (QED) is 0.396. The zero-order valence-electron chi connectivity index (χ0n) is 9.78. The number of nitrogens with one attached hydrogen (secondary N) is 1. The number of aromatic nitrogens is 5. The summed E-state index contributed by atoms with van der Waals surface area (Å²) in [6.07, 6.45) is 3.32. The van der Waals surface area contributed by atoms with E-state index in [4.69, 9.17) is 15.3 Å². The van der Waals surface area contributed by atoms with Gasteiger partial charge in [0.15, 0.2) is 0 Å². The summed E-state index contributed by atoms with van der Waals surface area (Å²) in [5.74, 6) is 5.80. The Morgan fingerprint density at radius 3 is 2.89 bits per heavy atom. The number of nitrogens with two attached hydrogens (primary N) is 1. The van der Waals surface area contributed by atoms with E-state index in [0.29, 0.717) is 19.2 Å². The minimum absolute atomic E-state index is 0.153. The van der Waals surface area contributed by atoms with Crippen molar-refractivity contribution in [2.45, 2.75) is 0 Å². The largest absolute Gasteiger partial charge is 0.461 e. The Kier molecular flexibility index (Phi) is 3.99. The van der Waals surface area contributed by atoms with E-state index < -0.39 is 0 Å². The Bertz CT molecular complexity index is 488. The fourth-order valence-corrected chi connectivity index (χ4v) is 1.18. The summed E-state index contributed by atoms with van der Waals surface area (Å²) >= 11 is 0. The molecule has 2 aromatic heterocycles. The van der Waals surface area contributed by atoms with Gasteiger partial charge in [-0.15, -0.1) is 0 Å². The Labute approximate surface area is 103 Å². The van der Waals surface area contributed by atoms with Gasteiger partial charge in [0.1, 0.15) is 6.61 Å². The molecule has 3 N–H and O–H groups in total. The van der Waals surface area contributed by atoms with Gasteiger partial charge in [-0.3, -0.25) is 5.43 Å². The first-order valence-electron chi connectivity index (χ1n) is 5.18. The maximum atomic E-state index is 5.30. The van der Waals surface area contributed by atoms with Gasteiger partial charge in [-0.2, -0.15) is 20.1 Å². The van der Waals surface area contributed by atoms with Gasteiger partial charge in [0.25, 0.3) is 5.95 Å². The zero-order valence-corrected chi connectivity index (χ0v) is 9.78. The van der Waals surface area contributed by atoms with Crippen molar-refractivity contribution in [1.29, 1.82) is 0 Å². The van der Waals surface area contributed by atoms with E-state index in [1.807, 2.05) is 0 Å². The summed E-state index contributed by atoms with van der Waals surface area (Å²) in [5, 5.41) is 4.01. The maximum Gasteiger partial charge on any atom is 0.323 e. The molecule has 9 heteroatoms. The van der Waals surface area contributed by atoms with Gasteiger partial charge in [0, 0.05) is 19.5 Å². The van der Waals surface area contributed by atoms with Crippen molar-refractivity contribution in [3.05, 3.63) is 18.5 Å². The van der Waals surface area contributed by atoms with Gasteiger partial charge in [-0.1, -0.05) is 0 Å². The van der Waals surface area contributed by atoms with Crippen LogP contribution in [0.2, 0.25) is 0 Å². The predicted molar refractivity (Wildman–Crippen MR) is 62.1 cm³/mol. The van der Waals surface area contributed by atoms with E-state index in [9.17, 15) is 0 Å². The van der Waals surface area contributed by atoms with Gasteiger partial charge < -0.3 is 9.47 Å². The summed E-state index contributed by atoms with van der Waals surface area (Å²) in [5.41, 5.74) is 2.35. The fraction of sp³-hybridized carbons (Fsp3) is 0.333. The number of methoxy groups -OCH3 is 1. The Morgan fingerprint density at radius 1 is 1.33 bits per heavy atom. The Morgan fingerprint density at radius 2 is 2.22 bits per heavy atom. The highest BCUT2D eigenvalue weighted by molar-refractivity contribution is 5.28. The lowest BCUT2D eigenvalue weighted by Crippen LogP contribution is -2.16. The smallest absolute Gasteiger partial charge is 0.323 e. The van der Waals surface area contributed by atoms with Crippen LogP contribution in [0.25, 0.3) is 5.95 Å². The van der Waals surface area contributed by atoms with Crippen molar-refractivity contribution < 1.29 is 9.47 Å². The second kappa shape index (κ2) is 5.89. The first-order chi connectivity index (χ1) is 8.83. The van der Waals surface area contributed by atoms with Crippen LogP contribution in [0.15, 0.2) is 18.5 Å². The van der Waals surface area contributed by atoms with E-state index in [1.54, 1.807) is 25.6 Å². The zero-order chi connectivity index (χ0) is 12.8. The van der Waals surface area contributed by atoms with Crippen molar-refractivity contribution in [1.82, 2.24) is 24.7 Å². The molecular weight excluding hydrogens is 238 g/mol. The summed E-state index contributed by atoms with van der Waals surface area (Å²) < 4.78 is 11.7. The molecule has 9 nitrogen and oxygen atoms in total. The molecule has 0 saturated heterocycles. The molecule has 0 aromatic carbocycles. The monoisotopic (exact) mass is 251 g/mol. The minimum atomic E-state index is 0.153. The number of nitrogens with zero attached hydrogens (tertiary/aromatic N) is 5. The maximum absolute atomic E-state index is 5.30. The highest BCUT2D eigenvalue weighted by Crippen LogP contribution is 2.09. The molecule has 0 saturated carbocycles. The Hall–Kier alpha value is -2.26. The number of anilines is 1. The average Bonchev–Trinajstić information content (AvgIpc) is 2.92. The van der Waals surface area contributed by atoms with E-state index >= 15 is 0 Å². The molecule has 2 rings (SSSR count). The minimum Gasteiger partial charge on any atom is -0.461 e. The van der Waals surface area contributed by atoms with Crippen LogP contribution in [-0.2, 0) is 4.74 Å². The lowest BCUT2D eigenvalue weighted by Gasteiger charge is -2.07. The number of hydrogen-bond acceptors (Lipinski definition) is 8. The molecule has 0 aliphatic heterocycles. The SMILES string of the molecule is COCCOc1nc(NN)nc(-n2cccn2)n1. The average molecular weight is 251 g/mol. The molecule has 0 aliphatic carbocycles. The molecule has 0 atom stereocenters. The van der Waals surface area contributed by atoms with E-state index in [-0.39, 0.29) is 12.0 Å². The summed E-state index contributed by atoms with van der Waals surface area (Å²) in [6, 6.07) is 1.91. The van der Waals surface area contributed by atoms with Crippen molar-refractivity contribution in [2.75, 3.05) is 25.7 Å². The predicted octanol–water partition coefficient (Wildman–Crippen LogP) is -0.632. The van der Waals surface area contributed by atoms with Crippen LogP contribution in [0.4, 0.5) is 5.95 Å². The third-order valence-corrected chi connectivity index (χ3v) is 1.96. The van der Waals surface area contributed by atoms with Crippen LogP contribution < -0.4 is 16.0 Å². The normalized spacial score (nSPS) is 10.3. The highest BCUT2D eigenvalue weighted by atomic mass is 16.5. The highest BCUT2D eigenvalue weighted by Gasteiger charge is 2.08. The molecule has 2 aromatic rings. The van der Waals surface area contributed by atoms with Gasteiger partial charge in [0.2, 0.25) is 5.95 Å². The van der Waals surface area contributed by atoms with Gasteiger partial charge in [-0.25, -0.2) is 10.5 Å². The lowest BCUT2D eigenvalue weighted by atomic mass is 10.7. The number of rotatable bonds is 6. The first kappa shape index (κ1) is 12.2.